The van der Waals surface area contributed by atoms with E-state index < -0.39 is 11.1 Å². The molecule has 0 aliphatic rings. The number of ketones is 1. The number of hydrogen-bond donors (Lipinski definition) is 0. The minimum absolute atomic E-state index is 0.244. The van der Waals surface area contributed by atoms with Crippen molar-refractivity contribution < 1.29 is 4.79 Å². The Kier molecular flexibility index (Phi) is 5.70. The largest absolute Gasteiger partial charge is 0.317 e. The predicted molar refractivity (Wildman–Crippen MR) is 121 cm³/mol. The van der Waals surface area contributed by atoms with Gasteiger partial charge in [0.15, 0.2) is 5.78 Å². The number of rotatable bonds is 5. The van der Waals surface area contributed by atoms with E-state index in [0.717, 1.165) is 10.0 Å². The lowest BCUT2D eigenvalue weighted by molar-refractivity contribution is 0.0972. The van der Waals surface area contributed by atoms with E-state index >= 15 is 0 Å². The third-order valence-corrected chi connectivity index (χ3v) is 5.55. The van der Waals surface area contributed by atoms with Crippen molar-refractivity contribution in [1.29, 1.82) is 0 Å². The molecule has 3 aromatic carbocycles. The zero-order chi connectivity index (χ0) is 21.3. The van der Waals surface area contributed by atoms with Crippen molar-refractivity contribution in [2.45, 2.75) is 13.1 Å². The Morgan fingerprint density at radius 3 is 2.30 bits per heavy atom. The summed E-state index contributed by atoms with van der Waals surface area (Å²) in [5.74, 6) is -0.278. The minimum atomic E-state index is -0.760. The number of nitrogens with zero attached hydrogens (tertiary/aromatic N) is 2. The van der Waals surface area contributed by atoms with Crippen molar-refractivity contribution in [3.63, 3.8) is 0 Å². The van der Waals surface area contributed by atoms with Gasteiger partial charge in [-0.25, -0.2) is 0 Å². The van der Waals surface area contributed by atoms with Crippen LogP contribution in [-0.4, -0.2) is 14.9 Å². The van der Waals surface area contributed by atoms with E-state index in [4.69, 9.17) is 11.6 Å². The van der Waals surface area contributed by atoms with Crippen LogP contribution < -0.4 is 11.1 Å². The topological polar surface area (TPSA) is 61.1 Å². The summed E-state index contributed by atoms with van der Waals surface area (Å²) in [6, 6.07) is 21.3. The predicted octanol–water partition coefficient (Wildman–Crippen LogP) is 4.51. The number of hydrogen-bond acceptors (Lipinski definition) is 3. The third-order valence-electron chi connectivity index (χ3n) is 4.82. The molecule has 4 rings (SSSR count). The van der Waals surface area contributed by atoms with Crippen LogP contribution in [0.5, 0.6) is 0 Å². The normalized spacial score (nSPS) is 11.0. The molecule has 0 amide bonds. The van der Waals surface area contributed by atoms with Crippen LogP contribution in [-0.2, 0) is 13.1 Å². The van der Waals surface area contributed by atoms with Crippen LogP contribution in [0.15, 0.2) is 86.9 Å². The van der Waals surface area contributed by atoms with E-state index in [1.807, 2.05) is 36.4 Å². The van der Waals surface area contributed by atoms with Crippen molar-refractivity contribution in [1.82, 2.24) is 9.13 Å². The second-order valence-corrected chi connectivity index (χ2v) is 8.19. The number of fused-ring (bicyclic) bond motifs is 1. The van der Waals surface area contributed by atoms with Crippen LogP contribution in [0.2, 0.25) is 5.02 Å². The molecule has 0 aliphatic heterocycles. The summed E-state index contributed by atoms with van der Waals surface area (Å²) in [5.41, 5.74) is 0.860. The fourth-order valence-corrected chi connectivity index (χ4v) is 3.93. The summed E-state index contributed by atoms with van der Waals surface area (Å²) in [7, 11) is 0. The summed E-state index contributed by atoms with van der Waals surface area (Å²) in [6.45, 7) is -0.0129. The van der Waals surface area contributed by atoms with Gasteiger partial charge in [0, 0.05) is 15.1 Å². The van der Waals surface area contributed by atoms with Crippen LogP contribution in [0.4, 0.5) is 0 Å². The third kappa shape index (κ3) is 4.01. The highest BCUT2D eigenvalue weighted by molar-refractivity contribution is 9.10. The Bertz CT molecular complexity index is 1380. The Morgan fingerprint density at radius 2 is 1.57 bits per heavy atom. The molecule has 0 unspecified atom stereocenters. The minimum Gasteiger partial charge on any atom is -0.298 e. The summed E-state index contributed by atoms with van der Waals surface area (Å²) in [5, 5.41) is 0.412. The Morgan fingerprint density at radius 1 is 0.833 bits per heavy atom. The summed E-state index contributed by atoms with van der Waals surface area (Å²) >= 11 is 9.52. The zero-order valence-electron chi connectivity index (χ0n) is 15.7. The first-order valence-corrected chi connectivity index (χ1v) is 10.4. The van der Waals surface area contributed by atoms with Crippen LogP contribution in [0, 0.1) is 0 Å². The molecule has 0 saturated carbocycles. The highest BCUT2D eigenvalue weighted by Crippen LogP contribution is 2.19. The lowest BCUT2D eigenvalue weighted by Crippen LogP contribution is -2.42. The molecule has 0 saturated heterocycles. The first-order valence-electron chi connectivity index (χ1n) is 9.19. The highest BCUT2D eigenvalue weighted by atomic mass is 79.9. The molecule has 1 heterocycles. The summed E-state index contributed by atoms with van der Waals surface area (Å²) in [6.07, 6.45) is 0. The lowest BCUT2D eigenvalue weighted by atomic mass is 10.1. The van der Waals surface area contributed by atoms with Crippen molar-refractivity contribution >= 4 is 44.3 Å². The van der Waals surface area contributed by atoms with E-state index in [1.165, 1.54) is 9.13 Å². The molecule has 0 aliphatic carbocycles. The smallest absolute Gasteiger partial charge is 0.298 e. The second kappa shape index (κ2) is 8.42. The van der Waals surface area contributed by atoms with Gasteiger partial charge in [-0.1, -0.05) is 70.0 Å². The number of carbonyl (C=O) groups is 1. The summed E-state index contributed by atoms with van der Waals surface area (Å²) in [4.78, 5) is 38.7. The fourth-order valence-electron chi connectivity index (χ4n) is 3.37. The van der Waals surface area contributed by atoms with Gasteiger partial charge in [0.25, 0.3) is 0 Å². The molecule has 30 heavy (non-hydrogen) atoms. The van der Waals surface area contributed by atoms with Gasteiger partial charge in [-0.2, -0.15) is 0 Å². The Labute approximate surface area is 185 Å². The fraction of sp³-hybridized carbons (Fsp3) is 0.0870. The van der Waals surface area contributed by atoms with Crippen molar-refractivity contribution in [2.75, 3.05) is 0 Å². The van der Waals surface area contributed by atoms with E-state index in [9.17, 15) is 14.4 Å². The average molecular weight is 484 g/mol. The molecule has 0 atom stereocenters. The van der Waals surface area contributed by atoms with Gasteiger partial charge < -0.3 is 0 Å². The van der Waals surface area contributed by atoms with E-state index in [-0.39, 0.29) is 18.9 Å². The highest BCUT2D eigenvalue weighted by Gasteiger charge is 2.17. The van der Waals surface area contributed by atoms with Gasteiger partial charge >= 0.3 is 11.1 Å². The van der Waals surface area contributed by atoms with E-state index in [2.05, 4.69) is 15.9 Å². The van der Waals surface area contributed by atoms with Crippen molar-refractivity contribution in [3.05, 3.63) is 114 Å². The molecule has 0 radical (unpaired) electrons. The quantitative estimate of drug-likeness (QED) is 0.310. The Balaban J connectivity index is 1.87. The van der Waals surface area contributed by atoms with Crippen LogP contribution >= 0.6 is 27.5 Å². The second-order valence-electron chi connectivity index (χ2n) is 6.83. The zero-order valence-corrected chi connectivity index (χ0v) is 18.1. The average Bonchev–Trinajstić information content (AvgIpc) is 2.75. The molecule has 4 aromatic rings. The molecule has 0 spiro atoms. The molecular formula is C23H16BrClN2O3. The molecule has 5 nitrogen and oxygen atoms in total. The number of halogens is 2. The monoisotopic (exact) mass is 482 g/mol. The number of carbonyl (C=O) groups excluding carboxylic acids is 1. The van der Waals surface area contributed by atoms with Crippen molar-refractivity contribution in [2.24, 2.45) is 0 Å². The van der Waals surface area contributed by atoms with Gasteiger partial charge in [0.1, 0.15) is 0 Å². The van der Waals surface area contributed by atoms with E-state index in [0.29, 0.717) is 21.6 Å². The maximum absolute atomic E-state index is 13.0. The molecule has 7 heteroatoms. The molecule has 0 N–H and O–H groups in total. The summed E-state index contributed by atoms with van der Waals surface area (Å²) < 4.78 is 3.38. The van der Waals surface area contributed by atoms with Gasteiger partial charge in [0.05, 0.1) is 24.1 Å². The number of benzene rings is 3. The van der Waals surface area contributed by atoms with Crippen molar-refractivity contribution in [3.8, 4) is 0 Å². The molecule has 0 bridgehead atoms. The van der Waals surface area contributed by atoms with Gasteiger partial charge in [-0.05, 0) is 35.9 Å². The van der Waals surface area contributed by atoms with Crippen LogP contribution in [0.1, 0.15) is 15.9 Å². The first kappa shape index (κ1) is 20.3. The lowest BCUT2D eigenvalue weighted by Gasteiger charge is -2.15. The van der Waals surface area contributed by atoms with E-state index in [1.54, 1.807) is 36.4 Å². The van der Waals surface area contributed by atoms with Gasteiger partial charge in [-0.3, -0.25) is 23.5 Å². The van der Waals surface area contributed by atoms with Crippen LogP contribution in [0.25, 0.3) is 11.0 Å². The van der Waals surface area contributed by atoms with Gasteiger partial charge in [-0.15, -0.1) is 0 Å². The van der Waals surface area contributed by atoms with Gasteiger partial charge in [0.2, 0.25) is 0 Å². The SMILES string of the molecule is O=C(Cn1c(=O)c(=O)n(Cc2ccccc2)c2ccc(Cl)cc21)c1cccc(Br)c1. The first-order chi connectivity index (χ1) is 14.4. The molecule has 0 fully saturated rings. The Hall–Kier alpha value is -2.96. The molecular weight excluding hydrogens is 468 g/mol. The maximum atomic E-state index is 13.0. The number of Topliss-reactive ketones (excluding diaryl/α,β-unsaturated/α-hetero) is 1. The maximum Gasteiger partial charge on any atom is 0.317 e. The van der Waals surface area contributed by atoms with Crippen LogP contribution in [0.3, 0.4) is 0 Å². The standard InChI is InChI=1S/C23H16BrClN2O3/c24-17-8-4-7-16(11-17)21(28)14-27-20-12-18(25)9-10-19(20)26(22(29)23(27)30)13-15-5-2-1-3-6-15/h1-12H,13-14H2. The number of aromatic nitrogens is 2. The molecule has 150 valence electrons. The molecule has 1 aromatic heterocycles.